The third-order valence-electron chi connectivity index (χ3n) is 2.21. The lowest BCUT2D eigenvalue weighted by Gasteiger charge is -2.13. The number of anilines is 2. The van der Waals surface area contributed by atoms with Gasteiger partial charge in [-0.05, 0) is 32.3 Å². The summed E-state index contributed by atoms with van der Waals surface area (Å²) in [6.07, 6.45) is 0. The fourth-order valence-electron chi connectivity index (χ4n) is 1.28. The van der Waals surface area contributed by atoms with E-state index in [2.05, 4.69) is 10.2 Å². The van der Waals surface area contributed by atoms with Crippen molar-refractivity contribution in [1.82, 2.24) is 4.90 Å². The summed E-state index contributed by atoms with van der Waals surface area (Å²) in [6, 6.07) is 4.97. The molecule has 5 heteroatoms. The standard InChI is InChI=1S/C11H18N4O/c1-15(2)6-5-14-10-7-8(11(13)16)3-4-9(10)12/h3-4,7,14H,5-6,12H2,1-2H3,(H2,13,16). The van der Waals surface area contributed by atoms with Crippen molar-refractivity contribution in [2.24, 2.45) is 5.73 Å². The first-order valence-corrected chi connectivity index (χ1v) is 5.08. The average molecular weight is 222 g/mol. The van der Waals surface area contributed by atoms with Crippen LogP contribution < -0.4 is 16.8 Å². The third-order valence-corrected chi connectivity index (χ3v) is 2.21. The first-order chi connectivity index (χ1) is 7.50. The van der Waals surface area contributed by atoms with E-state index in [0.29, 0.717) is 11.3 Å². The summed E-state index contributed by atoms with van der Waals surface area (Å²) >= 11 is 0. The lowest BCUT2D eigenvalue weighted by atomic mass is 10.1. The molecule has 0 aliphatic rings. The summed E-state index contributed by atoms with van der Waals surface area (Å²) in [6.45, 7) is 1.65. The molecule has 0 aliphatic carbocycles. The second kappa shape index (κ2) is 5.37. The van der Waals surface area contributed by atoms with Crippen molar-refractivity contribution in [2.75, 3.05) is 38.2 Å². The molecule has 88 valence electrons. The minimum absolute atomic E-state index is 0.448. The fraction of sp³-hybridized carbons (Fsp3) is 0.364. The van der Waals surface area contributed by atoms with Crippen LogP contribution in [0.2, 0.25) is 0 Å². The highest BCUT2D eigenvalue weighted by atomic mass is 16.1. The summed E-state index contributed by atoms with van der Waals surface area (Å²) in [5.74, 6) is -0.448. The zero-order valence-electron chi connectivity index (χ0n) is 9.66. The molecule has 0 atom stereocenters. The Morgan fingerprint density at radius 2 is 2.12 bits per heavy atom. The molecule has 0 saturated carbocycles. The predicted octanol–water partition coefficient (Wildman–Crippen LogP) is 0.341. The molecule has 1 rings (SSSR count). The van der Waals surface area contributed by atoms with E-state index < -0.39 is 5.91 Å². The molecule has 0 fully saturated rings. The van der Waals surface area contributed by atoms with E-state index in [4.69, 9.17) is 11.5 Å². The van der Waals surface area contributed by atoms with Crippen LogP contribution in [-0.2, 0) is 0 Å². The number of hydrogen-bond donors (Lipinski definition) is 3. The molecule has 0 radical (unpaired) electrons. The normalized spacial score (nSPS) is 10.4. The Morgan fingerprint density at radius 3 is 2.69 bits per heavy atom. The Kier molecular flexibility index (Phi) is 4.13. The van der Waals surface area contributed by atoms with Crippen molar-refractivity contribution in [3.8, 4) is 0 Å². The molecule has 0 spiro atoms. The molecule has 1 aromatic carbocycles. The van der Waals surface area contributed by atoms with Gasteiger partial charge in [0.2, 0.25) is 5.91 Å². The van der Waals surface area contributed by atoms with Crippen LogP contribution in [-0.4, -0.2) is 38.0 Å². The van der Waals surface area contributed by atoms with E-state index in [9.17, 15) is 4.79 Å². The van der Waals surface area contributed by atoms with E-state index in [0.717, 1.165) is 18.8 Å². The van der Waals surface area contributed by atoms with Crippen molar-refractivity contribution in [1.29, 1.82) is 0 Å². The maximum atomic E-state index is 11.0. The smallest absolute Gasteiger partial charge is 0.248 e. The van der Waals surface area contributed by atoms with E-state index in [1.165, 1.54) is 0 Å². The molecule has 0 bridgehead atoms. The van der Waals surface area contributed by atoms with Crippen LogP contribution in [0, 0.1) is 0 Å². The number of rotatable bonds is 5. The Hall–Kier alpha value is -1.75. The monoisotopic (exact) mass is 222 g/mol. The highest BCUT2D eigenvalue weighted by Crippen LogP contribution is 2.19. The highest BCUT2D eigenvalue weighted by Gasteiger charge is 2.04. The van der Waals surface area contributed by atoms with Crippen LogP contribution in [0.25, 0.3) is 0 Å². The third kappa shape index (κ3) is 3.43. The van der Waals surface area contributed by atoms with Gasteiger partial charge in [-0.1, -0.05) is 0 Å². The Morgan fingerprint density at radius 1 is 1.44 bits per heavy atom. The van der Waals surface area contributed by atoms with E-state index >= 15 is 0 Å². The number of primary amides is 1. The Labute approximate surface area is 95.4 Å². The zero-order chi connectivity index (χ0) is 12.1. The molecule has 0 aromatic heterocycles. The number of nitrogens with one attached hydrogen (secondary N) is 1. The molecule has 5 N–H and O–H groups in total. The minimum Gasteiger partial charge on any atom is -0.397 e. The van der Waals surface area contributed by atoms with E-state index in [1.807, 2.05) is 14.1 Å². The number of nitrogens with two attached hydrogens (primary N) is 2. The van der Waals surface area contributed by atoms with Crippen LogP contribution in [0.5, 0.6) is 0 Å². The average Bonchev–Trinajstić information content (AvgIpc) is 2.20. The summed E-state index contributed by atoms with van der Waals surface area (Å²) in [4.78, 5) is 13.0. The number of carbonyl (C=O) groups excluding carboxylic acids is 1. The van der Waals surface area contributed by atoms with Gasteiger partial charge in [-0.3, -0.25) is 4.79 Å². The van der Waals surface area contributed by atoms with Crippen molar-refractivity contribution < 1.29 is 4.79 Å². The van der Waals surface area contributed by atoms with Crippen LogP contribution in [0.1, 0.15) is 10.4 Å². The molecule has 5 nitrogen and oxygen atoms in total. The number of nitrogen functional groups attached to an aromatic ring is 1. The molecule has 16 heavy (non-hydrogen) atoms. The Balaban J connectivity index is 2.70. The number of hydrogen-bond acceptors (Lipinski definition) is 4. The summed E-state index contributed by atoms with van der Waals surface area (Å²) in [5.41, 5.74) is 12.8. The van der Waals surface area contributed by atoms with Gasteiger partial charge < -0.3 is 21.7 Å². The first-order valence-electron chi connectivity index (χ1n) is 5.08. The number of likely N-dealkylation sites (N-methyl/N-ethyl adjacent to an activating group) is 1. The number of amides is 1. The van der Waals surface area contributed by atoms with Crippen molar-refractivity contribution in [3.05, 3.63) is 23.8 Å². The largest absolute Gasteiger partial charge is 0.397 e. The first kappa shape index (κ1) is 12.3. The topological polar surface area (TPSA) is 84.4 Å². The van der Waals surface area contributed by atoms with E-state index in [1.54, 1.807) is 18.2 Å². The second-order valence-electron chi connectivity index (χ2n) is 3.90. The lowest BCUT2D eigenvalue weighted by Crippen LogP contribution is -2.21. The van der Waals surface area contributed by atoms with Crippen molar-refractivity contribution >= 4 is 17.3 Å². The summed E-state index contributed by atoms with van der Waals surface area (Å²) < 4.78 is 0. The molecule has 0 unspecified atom stereocenters. The van der Waals surface area contributed by atoms with Crippen LogP contribution in [0.4, 0.5) is 11.4 Å². The van der Waals surface area contributed by atoms with Crippen molar-refractivity contribution in [2.45, 2.75) is 0 Å². The quantitative estimate of drug-likeness (QED) is 0.627. The molecule has 1 amide bonds. The fourth-order valence-corrected chi connectivity index (χ4v) is 1.28. The molecule has 0 aliphatic heterocycles. The molecular weight excluding hydrogens is 204 g/mol. The highest BCUT2D eigenvalue weighted by molar-refractivity contribution is 5.94. The number of carbonyl (C=O) groups is 1. The van der Waals surface area contributed by atoms with E-state index in [-0.39, 0.29) is 0 Å². The predicted molar refractivity (Wildman–Crippen MR) is 66.4 cm³/mol. The molecular formula is C11H18N4O. The second-order valence-corrected chi connectivity index (χ2v) is 3.90. The number of nitrogens with zero attached hydrogens (tertiary/aromatic N) is 1. The van der Waals surface area contributed by atoms with Gasteiger partial charge in [0.1, 0.15) is 0 Å². The number of benzene rings is 1. The van der Waals surface area contributed by atoms with Crippen LogP contribution in [0.15, 0.2) is 18.2 Å². The zero-order valence-corrected chi connectivity index (χ0v) is 9.66. The van der Waals surface area contributed by atoms with Gasteiger partial charge in [-0.25, -0.2) is 0 Å². The summed E-state index contributed by atoms with van der Waals surface area (Å²) in [7, 11) is 3.98. The Bertz CT molecular complexity index is 376. The van der Waals surface area contributed by atoms with Gasteiger partial charge in [0.05, 0.1) is 11.4 Å². The molecule has 0 saturated heterocycles. The lowest BCUT2D eigenvalue weighted by molar-refractivity contribution is 0.100. The molecule has 1 aromatic rings. The summed E-state index contributed by atoms with van der Waals surface area (Å²) in [5, 5.41) is 3.17. The van der Waals surface area contributed by atoms with Gasteiger partial charge >= 0.3 is 0 Å². The van der Waals surface area contributed by atoms with Gasteiger partial charge in [-0.15, -0.1) is 0 Å². The van der Waals surface area contributed by atoms with Gasteiger partial charge in [0.15, 0.2) is 0 Å². The SMILES string of the molecule is CN(C)CCNc1cc(C(N)=O)ccc1N. The van der Waals surface area contributed by atoms with Crippen molar-refractivity contribution in [3.63, 3.8) is 0 Å². The van der Waals surface area contributed by atoms with Gasteiger partial charge in [-0.2, -0.15) is 0 Å². The van der Waals surface area contributed by atoms with Gasteiger partial charge in [0, 0.05) is 18.7 Å². The van der Waals surface area contributed by atoms with Gasteiger partial charge in [0.25, 0.3) is 0 Å². The van der Waals surface area contributed by atoms with Crippen LogP contribution in [0.3, 0.4) is 0 Å². The maximum Gasteiger partial charge on any atom is 0.248 e. The van der Waals surface area contributed by atoms with Crippen LogP contribution >= 0.6 is 0 Å². The molecule has 0 heterocycles. The minimum atomic E-state index is -0.448. The maximum absolute atomic E-state index is 11.0.